The van der Waals surface area contributed by atoms with Crippen LogP contribution in [0.25, 0.3) is 0 Å². The number of hydrogen-bond acceptors (Lipinski definition) is 5. The molecule has 1 aromatic rings. The SMILES string of the molecule is COC(=O)C(N)(NC(=O)O)C(=O)NCCc1ccccc1. The van der Waals surface area contributed by atoms with Crippen molar-refractivity contribution in [1.82, 2.24) is 10.6 Å². The Hall–Kier alpha value is -2.61. The molecule has 0 spiro atoms. The van der Waals surface area contributed by atoms with E-state index in [0.717, 1.165) is 12.7 Å². The number of nitrogens with one attached hydrogen (secondary N) is 2. The molecule has 1 aromatic carbocycles. The summed E-state index contributed by atoms with van der Waals surface area (Å²) in [6.07, 6.45) is -1.10. The Morgan fingerprint density at radius 2 is 1.90 bits per heavy atom. The average Bonchev–Trinajstić information content (AvgIpc) is 2.46. The molecule has 1 rings (SSSR count). The summed E-state index contributed by atoms with van der Waals surface area (Å²) >= 11 is 0. The van der Waals surface area contributed by atoms with Crippen LogP contribution in [-0.2, 0) is 20.7 Å². The van der Waals surface area contributed by atoms with Gasteiger partial charge in [-0.15, -0.1) is 0 Å². The number of carbonyl (C=O) groups excluding carboxylic acids is 2. The van der Waals surface area contributed by atoms with Gasteiger partial charge in [0.15, 0.2) is 0 Å². The van der Waals surface area contributed by atoms with E-state index in [4.69, 9.17) is 10.8 Å². The zero-order valence-electron chi connectivity index (χ0n) is 11.5. The zero-order valence-corrected chi connectivity index (χ0v) is 11.5. The first-order valence-electron chi connectivity index (χ1n) is 6.10. The molecule has 0 heterocycles. The van der Waals surface area contributed by atoms with E-state index in [-0.39, 0.29) is 6.54 Å². The summed E-state index contributed by atoms with van der Waals surface area (Å²) in [6, 6.07) is 9.31. The highest BCUT2D eigenvalue weighted by Crippen LogP contribution is 2.02. The van der Waals surface area contributed by atoms with Crippen molar-refractivity contribution in [3.05, 3.63) is 35.9 Å². The first kappa shape index (κ1) is 16.4. The van der Waals surface area contributed by atoms with E-state index in [1.54, 1.807) is 5.32 Å². The van der Waals surface area contributed by atoms with Gasteiger partial charge in [0.1, 0.15) is 0 Å². The quantitative estimate of drug-likeness (QED) is 0.316. The molecule has 0 bridgehead atoms. The van der Waals surface area contributed by atoms with Crippen molar-refractivity contribution in [3.63, 3.8) is 0 Å². The van der Waals surface area contributed by atoms with Crippen LogP contribution in [0.3, 0.4) is 0 Å². The fraction of sp³-hybridized carbons (Fsp3) is 0.308. The molecule has 2 amide bonds. The first-order valence-corrected chi connectivity index (χ1v) is 6.10. The number of carboxylic acid groups (broad SMARTS) is 1. The van der Waals surface area contributed by atoms with Gasteiger partial charge in [-0.25, -0.2) is 9.59 Å². The molecule has 8 nitrogen and oxygen atoms in total. The van der Waals surface area contributed by atoms with E-state index in [9.17, 15) is 14.4 Å². The number of nitrogens with two attached hydrogens (primary N) is 1. The fourth-order valence-electron chi connectivity index (χ4n) is 1.63. The van der Waals surface area contributed by atoms with Crippen LogP contribution in [-0.4, -0.2) is 42.4 Å². The van der Waals surface area contributed by atoms with E-state index in [1.165, 1.54) is 0 Å². The summed E-state index contributed by atoms with van der Waals surface area (Å²) < 4.78 is 4.35. The van der Waals surface area contributed by atoms with Crippen molar-refractivity contribution in [1.29, 1.82) is 0 Å². The highest BCUT2D eigenvalue weighted by atomic mass is 16.5. The van der Waals surface area contributed by atoms with Gasteiger partial charge in [-0.2, -0.15) is 0 Å². The van der Waals surface area contributed by atoms with Crippen molar-refractivity contribution in [3.8, 4) is 0 Å². The van der Waals surface area contributed by atoms with Gasteiger partial charge < -0.3 is 15.2 Å². The number of methoxy groups -OCH3 is 1. The molecular formula is C13H17N3O5. The molecule has 0 radical (unpaired) electrons. The van der Waals surface area contributed by atoms with Crippen LogP contribution in [0.2, 0.25) is 0 Å². The van der Waals surface area contributed by atoms with E-state index in [2.05, 4.69) is 10.1 Å². The molecule has 0 aliphatic carbocycles. The molecule has 0 saturated carbocycles. The summed E-state index contributed by atoms with van der Waals surface area (Å²) in [7, 11) is 1.00. The summed E-state index contributed by atoms with van der Waals surface area (Å²) in [6.45, 7) is 0.195. The van der Waals surface area contributed by atoms with Crippen LogP contribution in [0.4, 0.5) is 4.79 Å². The fourth-order valence-corrected chi connectivity index (χ4v) is 1.63. The minimum Gasteiger partial charge on any atom is -0.466 e. The first-order chi connectivity index (χ1) is 9.90. The van der Waals surface area contributed by atoms with Crippen molar-refractivity contribution in [2.75, 3.05) is 13.7 Å². The molecule has 8 heteroatoms. The standard InChI is InChI=1S/C13H17N3O5/c1-21-11(18)13(14,16-12(19)20)10(17)15-8-7-9-5-3-2-4-6-9/h2-6,16H,7-8,14H2,1H3,(H,15,17)(H,19,20). The van der Waals surface area contributed by atoms with Gasteiger partial charge in [0.25, 0.3) is 11.6 Å². The lowest BCUT2D eigenvalue weighted by Crippen LogP contribution is -2.70. The Bertz CT molecular complexity index is 520. The van der Waals surface area contributed by atoms with Crippen LogP contribution >= 0.6 is 0 Å². The van der Waals surface area contributed by atoms with Gasteiger partial charge in [0.05, 0.1) is 7.11 Å². The van der Waals surface area contributed by atoms with Crippen molar-refractivity contribution in [2.24, 2.45) is 5.73 Å². The lowest BCUT2D eigenvalue weighted by atomic mass is 10.1. The number of rotatable bonds is 6. The molecule has 1 atom stereocenters. The minimum atomic E-state index is -2.47. The molecule has 21 heavy (non-hydrogen) atoms. The molecule has 0 saturated heterocycles. The van der Waals surface area contributed by atoms with Crippen LogP contribution in [0, 0.1) is 0 Å². The Labute approximate surface area is 121 Å². The maximum atomic E-state index is 11.9. The van der Waals surface area contributed by atoms with Gasteiger partial charge in [-0.1, -0.05) is 30.3 Å². The normalized spacial score (nSPS) is 12.9. The van der Waals surface area contributed by atoms with E-state index in [0.29, 0.717) is 6.42 Å². The highest BCUT2D eigenvalue weighted by molar-refractivity contribution is 6.08. The predicted molar refractivity (Wildman–Crippen MR) is 73.3 cm³/mol. The smallest absolute Gasteiger partial charge is 0.406 e. The molecule has 5 N–H and O–H groups in total. The Morgan fingerprint density at radius 1 is 1.29 bits per heavy atom. The third-order valence-electron chi connectivity index (χ3n) is 2.71. The lowest BCUT2D eigenvalue weighted by Gasteiger charge is -2.24. The summed E-state index contributed by atoms with van der Waals surface area (Å²) in [5.74, 6) is -2.17. The summed E-state index contributed by atoms with van der Waals surface area (Å²) in [5.41, 5.74) is 4.00. The highest BCUT2D eigenvalue weighted by Gasteiger charge is 2.45. The molecule has 1 unspecified atom stereocenters. The predicted octanol–water partition coefficient (Wildman–Crippen LogP) is -0.559. The van der Waals surface area contributed by atoms with Crippen molar-refractivity contribution < 1.29 is 24.2 Å². The third kappa shape index (κ3) is 4.46. The van der Waals surface area contributed by atoms with Gasteiger partial charge in [0, 0.05) is 6.54 Å². The molecule has 114 valence electrons. The number of benzene rings is 1. The van der Waals surface area contributed by atoms with Crippen LogP contribution in [0.15, 0.2) is 30.3 Å². The Morgan fingerprint density at radius 3 is 2.43 bits per heavy atom. The topological polar surface area (TPSA) is 131 Å². The summed E-state index contributed by atoms with van der Waals surface area (Å²) in [4.78, 5) is 34.1. The second-order valence-electron chi connectivity index (χ2n) is 4.22. The minimum absolute atomic E-state index is 0.195. The van der Waals surface area contributed by atoms with Crippen molar-refractivity contribution >= 4 is 18.0 Å². The lowest BCUT2D eigenvalue weighted by molar-refractivity contribution is -0.153. The van der Waals surface area contributed by atoms with Gasteiger partial charge in [0.2, 0.25) is 0 Å². The van der Waals surface area contributed by atoms with Crippen LogP contribution in [0.1, 0.15) is 5.56 Å². The summed E-state index contributed by atoms with van der Waals surface area (Å²) in [5, 5.41) is 12.7. The Kier molecular flexibility index (Phi) is 5.67. The molecule has 0 aliphatic rings. The molecule has 0 fully saturated rings. The van der Waals surface area contributed by atoms with Crippen LogP contribution < -0.4 is 16.4 Å². The van der Waals surface area contributed by atoms with E-state index >= 15 is 0 Å². The number of hydrogen-bond donors (Lipinski definition) is 4. The van der Waals surface area contributed by atoms with Gasteiger partial charge >= 0.3 is 12.1 Å². The van der Waals surface area contributed by atoms with Crippen molar-refractivity contribution in [2.45, 2.75) is 12.1 Å². The zero-order chi connectivity index (χ0) is 15.9. The third-order valence-corrected chi connectivity index (χ3v) is 2.71. The monoisotopic (exact) mass is 295 g/mol. The number of amides is 2. The van der Waals surface area contributed by atoms with Crippen LogP contribution in [0.5, 0.6) is 0 Å². The van der Waals surface area contributed by atoms with E-state index in [1.807, 2.05) is 30.3 Å². The second-order valence-corrected chi connectivity index (χ2v) is 4.22. The number of carbonyl (C=O) groups is 3. The largest absolute Gasteiger partial charge is 0.466 e. The van der Waals surface area contributed by atoms with E-state index < -0.39 is 23.6 Å². The Balaban J connectivity index is 2.65. The average molecular weight is 295 g/mol. The molecule has 0 aliphatic heterocycles. The number of esters is 1. The second kappa shape index (κ2) is 7.25. The van der Waals surface area contributed by atoms with Gasteiger partial charge in [-0.05, 0) is 12.0 Å². The number of ether oxygens (including phenoxy) is 1. The maximum Gasteiger partial charge on any atom is 0.406 e. The maximum absolute atomic E-state index is 11.9. The molecule has 0 aromatic heterocycles. The molecular weight excluding hydrogens is 278 g/mol. The van der Waals surface area contributed by atoms with Gasteiger partial charge in [-0.3, -0.25) is 15.8 Å².